The van der Waals surface area contributed by atoms with Gasteiger partial charge in [-0.05, 0) is 99.9 Å². The quantitative estimate of drug-likeness (QED) is 0.181. The molecule has 31 heavy (non-hydrogen) atoms. The first kappa shape index (κ1) is 27.3. The van der Waals surface area contributed by atoms with Crippen LogP contribution in [0.5, 0.6) is 0 Å². The molecule has 2 aromatic rings. The first-order valence-electron chi connectivity index (χ1n) is 11.7. The van der Waals surface area contributed by atoms with Gasteiger partial charge in [0.1, 0.15) is 0 Å². The van der Waals surface area contributed by atoms with Gasteiger partial charge in [0.05, 0.1) is 22.8 Å². The van der Waals surface area contributed by atoms with Crippen LogP contribution in [0, 0.1) is 27.7 Å². The molecule has 0 spiro atoms. The minimum Gasteiger partial charge on any atom is -0.252 e. The topological polar surface area (TPSA) is 24.7 Å². The molecule has 0 radical (unpaired) electrons. The van der Waals surface area contributed by atoms with Crippen LogP contribution in [0.1, 0.15) is 87.5 Å². The fourth-order valence-corrected chi connectivity index (χ4v) is 3.71. The fourth-order valence-electron chi connectivity index (χ4n) is 3.71. The first-order valence-corrected chi connectivity index (χ1v) is 11.7. The Morgan fingerprint density at radius 3 is 1.77 bits per heavy atom. The average molecular weight is 463 g/mol. The number of hydrogen-bond donors (Lipinski definition) is 0. The number of unbranched alkanes of at least 4 members (excludes halogenated alkanes) is 4. The maximum atomic E-state index is 5.15. The molecule has 0 heterocycles. The maximum Gasteiger partial charge on any atom is 0.0639 e. The molecule has 3 heteroatoms. The predicted octanol–water partition coefficient (Wildman–Crippen LogP) is 8.92. The number of rotatable bonds is 11. The van der Waals surface area contributed by atoms with Crippen LogP contribution in [0.3, 0.4) is 0 Å². The standard InChI is InChI=1S/C28H40N2.Ni/c1-7-9-11-12-14-28(30-26-18-21(3)17-22(4)19-26)27(13-10-8-2)29-25-16-15-23(5)24(6)20-25;/h15-20H,7-14H2,1-6H3;/b29-27+,30-28+;. The second-order valence-electron chi connectivity index (χ2n) is 8.65. The molecular weight excluding hydrogens is 423 g/mol. The van der Waals surface area contributed by atoms with Crippen molar-refractivity contribution < 1.29 is 16.5 Å². The molecule has 0 unspecified atom stereocenters. The van der Waals surface area contributed by atoms with Crippen molar-refractivity contribution in [2.24, 2.45) is 9.98 Å². The summed E-state index contributed by atoms with van der Waals surface area (Å²) in [5.41, 5.74) is 9.57. The van der Waals surface area contributed by atoms with E-state index in [9.17, 15) is 0 Å². The monoisotopic (exact) mass is 462 g/mol. The van der Waals surface area contributed by atoms with Gasteiger partial charge in [0, 0.05) is 16.5 Å². The van der Waals surface area contributed by atoms with Crippen molar-refractivity contribution in [3.8, 4) is 0 Å². The molecule has 2 aromatic carbocycles. The van der Waals surface area contributed by atoms with E-state index in [-0.39, 0.29) is 16.5 Å². The molecule has 0 aliphatic rings. The van der Waals surface area contributed by atoms with Crippen LogP contribution in [0.25, 0.3) is 0 Å². The zero-order valence-corrected chi connectivity index (χ0v) is 21.3. The molecule has 0 N–H and O–H groups in total. The van der Waals surface area contributed by atoms with Crippen LogP contribution >= 0.6 is 0 Å². The van der Waals surface area contributed by atoms with Gasteiger partial charge in [0.25, 0.3) is 0 Å². The third-order valence-electron chi connectivity index (χ3n) is 5.59. The second-order valence-corrected chi connectivity index (χ2v) is 8.65. The van der Waals surface area contributed by atoms with Crippen LogP contribution in [0.2, 0.25) is 0 Å². The van der Waals surface area contributed by atoms with Crippen LogP contribution < -0.4 is 0 Å². The Kier molecular flexibility index (Phi) is 12.6. The van der Waals surface area contributed by atoms with Gasteiger partial charge in [-0.2, -0.15) is 0 Å². The molecule has 0 atom stereocenters. The van der Waals surface area contributed by atoms with E-state index in [1.807, 2.05) is 0 Å². The third-order valence-corrected chi connectivity index (χ3v) is 5.59. The largest absolute Gasteiger partial charge is 0.252 e. The SMILES string of the molecule is CCCCCCC(=N\c1cc(C)cc(C)c1)/C(CCCC)=N/c1ccc(C)c(C)c1.[Ni]. The number of hydrogen-bond acceptors (Lipinski definition) is 2. The summed E-state index contributed by atoms with van der Waals surface area (Å²) >= 11 is 0. The van der Waals surface area contributed by atoms with Crippen molar-refractivity contribution in [3.05, 3.63) is 58.7 Å². The Morgan fingerprint density at radius 2 is 1.19 bits per heavy atom. The zero-order chi connectivity index (χ0) is 21.9. The van der Waals surface area contributed by atoms with E-state index in [1.54, 1.807) is 0 Å². The molecule has 0 amide bonds. The minimum absolute atomic E-state index is 0. The summed E-state index contributed by atoms with van der Waals surface area (Å²) in [4.78, 5) is 10.3. The third kappa shape index (κ3) is 9.52. The van der Waals surface area contributed by atoms with Gasteiger partial charge in [-0.1, -0.05) is 51.7 Å². The van der Waals surface area contributed by atoms with E-state index >= 15 is 0 Å². The summed E-state index contributed by atoms with van der Waals surface area (Å²) in [5.74, 6) is 0. The molecule has 0 fully saturated rings. The van der Waals surface area contributed by atoms with Crippen LogP contribution in [-0.2, 0) is 16.5 Å². The normalized spacial score (nSPS) is 12.1. The van der Waals surface area contributed by atoms with E-state index in [0.717, 1.165) is 36.3 Å². The van der Waals surface area contributed by atoms with E-state index in [1.165, 1.54) is 60.1 Å². The maximum absolute atomic E-state index is 5.15. The summed E-state index contributed by atoms with van der Waals surface area (Å²) in [6.07, 6.45) is 9.27. The average Bonchev–Trinajstić information content (AvgIpc) is 2.69. The van der Waals surface area contributed by atoms with E-state index in [0.29, 0.717) is 0 Å². The molecule has 0 saturated heterocycles. The summed E-state index contributed by atoms with van der Waals surface area (Å²) in [7, 11) is 0. The van der Waals surface area contributed by atoms with Gasteiger partial charge in [0.15, 0.2) is 0 Å². The van der Waals surface area contributed by atoms with Crippen molar-refractivity contribution in [2.45, 2.75) is 92.9 Å². The molecule has 0 aliphatic carbocycles. The van der Waals surface area contributed by atoms with Crippen LogP contribution in [0.15, 0.2) is 46.4 Å². The van der Waals surface area contributed by atoms with Crippen molar-refractivity contribution in [1.29, 1.82) is 0 Å². The Hall–Kier alpha value is -1.73. The number of aliphatic imine (C=N–C) groups is 2. The van der Waals surface area contributed by atoms with Crippen molar-refractivity contribution in [3.63, 3.8) is 0 Å². The zero-order valence-electron chi connectivity index (χ0n) is 20.3. The predicted molar refractivity (Wildman–Crippen MR) is 134 cm³/mol. The fraction of sp³-hybridized carbons (Fsp3) is 0.500. The second kappa shape index (κ2) is 14.4. The van der Waals surface area contributed by atoms with Gasteiger partial charge in [-0.3, -0.25) is 9.98 Å². The smallest absolute Gasteiger partial charge is 0.0639 e. The van der Waals surface area contributed by atoms with E-state index < -0.39 is 0 Å². The minimum atomic E-state index is 0. The van der Waals surface area contributed by atoms with E-state index in [4.69, 9.17) is 9.98 Å². The number of nitrogens with zero attached hydrogens (tertiary/aromatic N) is 2. The summed E-state index contributed by atoms with van der Waals surface area (Å²) in [6.45, 7) is 13.1. The van der Waals surface area contributed by atoms with Gasteiger partial charge < -0.3 is 0 Å². The Labute approximate surface area is 200 Å². The molecule has 2 rings (SSSR count). The summed E-state index contributed by atoms with van der Waals surface area (Å²) in [6, 6.07) is 13.1. The van der Waals surface area contributed by atoms with Gasteiger partial charge in [0.2, 0.25) is 0 Å². The van der Waals surface area contributed by atoms with Crippen molar-refractivity contribution in [1.82, 2.24) is 0 Å². The molecular formula is C28H40N2Ni. The molecule has 172 valence electrons. The van der Waals surface area contributed by atoms with Gasteiger partial charge >= 0.3 is 0 Å². The molecule has 0 aliphatic heterocycles. The molecule has 0 aromatic heterocycles. The molecule has 0 bridgehead atoms. The van der Waals surface area contributed by atoms with Gasteiger partial charge in [-0.15, -0.1) is 0 Å². The Balaban J connectivity index is 0.00000480. The molecule has 2 nitrogen and oxygen atoms in total. The van der Waals surface area contributed by atoms with E-state index in [2.05, 4.69) is 77.9 Å². The number of aryl methyl sites for hydroxylation is 4. The summed E-state index contributed by atoms with van der Waals surface area (Å²) in [5, 5.41) is 0. The Bertz CT molecular complexity index is 860. The van der Waals surface area contributed by atoms with Crippen LogP contribution in [-0.4, -0.2) is 11.4 Å². The first-order chi connectivity index (χ1) is 14.4. The Morgan fingerprint density at radius 1 is 0.613 bits per heavy atom. The van der Waals surface area contributed by atoms with Crippen molar-refractivity contribution in [2.75, 3.05) is 0 Å². The van der Waals surface area contributed by atoms with Crippen molar-refractivity contribution >= 4 is 22.8 Å². The molecule has 0 saturated carbocycles. The summed E-state index contributed by atoms with van der Waals surface area (Å²) < 4.78 is 0. The number of benzene rings is 2. The van der Waals surface area contributed by atoms with Gasteiger partial charge in [-0.25, -0.2) is 0 Å². The van der Waals surface area contributed by atoms with Crippen LogP contribution in [0.4, 0.5) is 11.4 Å².